The van der Waals surface area contributed by atoms with Gasteiger partial charge in [0.25, 0.3) is 0 Å². The number of carbonyl (C=O) groups is 1. The largest absolute Gasteiger partial charge is 0.379 e. The Morgan fingerprint density at radius 3 is 2.94 bits per heavy atom. The van der Waals surface area contributed by atoms with Crippen LogP contribution >= 0.6 is 0 Å². The van der Waals surface area contributed by atoms with E-state index in [4.69, 9.17) is 4.74 Å². The van der Waals surface area contributed by atoms with Crippen LogP contribution in [0.1, 0.15) is 12.8 Å². The quantitative estimate of drug-likeness (QED) is 0.626. The van der Waals surface area contributed by atoms with Crippen LogP contribution in [0.2, 0.25) is 0 Å². The predicted molar refractivity (Wildman–Crippen MR) is 69.7 cm³/mol. The summed E-state index contributed by atoms with van der Waals surface area (Å²) in [7, 11) is 0. The van der Waals surface area contributed by atoms with Crippen molar-refractivity contribution in [2.45, 2.75) is 18.9 Å². The summed E-state index contributed by atoms with van der Waals surface area (Å²) < 4.78 is 5.28. The maximum absolute atomic E-state index is 11.7. The van der Waals surface area contributed by atoms with Crippen LogP contribution in [0.3, 0.4) is 0 Å². The lowest BCUT2D eigenvalue weighted by Gasteiger charge is -2.27. The van der Waals surface area contributed by atoms with E-state index in [2.05, 4.69) is 20.9 Å². The van der Waals surface area contributed by atoms with E-state index in [-0.39, 0.29) is 12.1 Å². The summed E-state index contributed by atoms with van der Waals surface area (Å²) in [4.78, 5) is 14.0. The maximum atomic E-state index is 11.7. The Balaban J connectivity index is 1.53. The molecule has 104 valence electrons. The fraction of sp³-hybridized carbons (Fsp3) is 0.917. The Hall–Kier alpha value is -0.850. The van der Waals surface area contributed by atoms with Gasteiger partial charge in [0.15, 0.2) is 0 Å². The summed E-state index contributed by atoms with van der Waals surface area (Å²) in [6.07, 6.45) is 2.21. The molecule has 2 heterocycles. The van der Waals surface area contributed by atoms with Gasteiger partial charge in [-0.2, -0.15) is 0 Å². The van der Waals surface area contributed by atoms with Crippen molar-refractivity contribution in [2.75, 3.05) is 52.5 Å². The van der Waals surface area contributed by atoms with Crippen LogP contribution in [0.15, 0.2) is 0 Å². The van der Waals surface area contributed by atoms with Gasteiger partial charge in [0, 0.05) is 38.8 Å². The number of urea groups is 1. The van der Waals surface area contributed by atoms with Crippen molar-refractivity contribution < 1.29 is 9.53 Å². The van der Waals surface area contributed by atoms with E-state index in [1.54, 1.807) is 0 Å². The molecule has 1 unspecified atom stereocenters. The van der Waals surface area contributed by atoms with Crippen LogP contribution in [0.5, 0.6) is 0 Å². The van der Waals surface area contributed by atoms with Crippen molar-refractivity contribution in [1.29, 1.82) is 0 Å². The number of morpholine rings is 1. The van der Waals surface area contributed by atoms with Crippen molar-refractivity contribution in [3.05, 3.63) is 0 Å². The maximum Gasteiger partial charge on any atom is 0.315 e. The second-order valence-corrected chi connectivity index (χ2v) is 4.90. The molecule has 0 bridgehead atoms. The molecule has 3 N–H and O–H groups in total. The Morgan fingerprint density at radius 2 is 2.22 bits per heavy atom. The second kappa shape index (κ2) is 7.56. The van der Waals surface area contributed by atoms with Crippen LogP contribution < -0.4 is 16.0 Å². The molecule has 0 aromatic carbocycles. The molecule has 6 heteroatoms. The van der Waals surface area contributed by atoms with Gasteiger partial charge in [-0.15, -0.1) is 0 Å². The molecular weight excluding hydrogens is 232 g/mol. The molecule has 2 aliphatic heterocycles. The molecule has 2 amide bonds. The first-order valence-corrected chi connectivity index (χ1v) is 6.90. The third-order valence-corrected chi connectivity index (χ3v) is 3.45. The number of nitrogens with one attached hydrogen (secondary N) is 3. The molecule has 0 saturated carbocycles. The number of amides is 2. The molecule has 0 spiro atoms. The molecule has 6 nitrogen and oxygen atoms in total. The third kappa shape index (κ3) is 4.80. The number of rotatable bonds is 4. The summed E-state index contributed by atoms with van der Waals surface area (Å²) in [5, 5.41) is 9.20. The zero-order chi connectivity index (χ0) is 12.6. The van der Waals surface area contributed by atoms with Crippen molar-refractivity contribution in [2.24, 2.45) is 0 Å². The van der Waals surface area contributed by atoms with Gasteiger partial charge < -0.3 is 20.7 Å². The topological polar surface area (TPSA) is 65.6 Å². The van der Waals surface area contributed by atoms with E-state index >= 15 is 0 Å². The standard InChI is InChI=1S/C12H24N4O2/c17-12(15-11-2-1-3-13-10-11)14-4-5-16-6-8-18-9-7-16/h11,13H,1-10H2,(H2,14,15,17). The highest BCUT2D eigenvalue weighted by molar-refractivity contribution is 5.74. The van der Waals surface area contributed by atoms with Gasteiger partial charge in [-0.1, -0.05) is 0 Å². The highest BCUT2D eigenvalue weighted by Gasteiger charge is 2.15. The number of ether oxygens (including phenoxy) is 1. The van der Waals surface area contributed by atoms with Crippen molar-refractivity contribution in [3.63, 3.8) is 0 Å². The molecule has 2 aliphatic rings. The van der Waals surface area contributed by atoms with E-state index < -0.39 is 0 Å². The summed E-state index contributed by atoms with van der Waals surface area (Å²) >= 11 is 0. The molecule has 0 aromatic rings. The van der Waals surface area contributed by atoms with Gasteiger partial charge >= 0.3 is 6.03 Å². The Labute approximate surface area is 108 Å². The number of hydrogen-bond acceptors (Lipinski definition) is 4. The van der Waals surface area contributed by atoms with Crippen LogP contribution in [0.25, 0.3) is 0 Å². The predicted octanol–water partition coefficient (Wildman–Crippen LogP) is -0.630. The molecule has 18 heavy (non-hydrogen) atoms. The average molecular weight is 256 g/mol. The SMILES string of the molecule is O=C(NCCN1CCOCC1)NC1CCCNC1. The van der Waals surface area contributed by atoms with Crippen molar-refractivity contribution in [1.82, 2.24) is 20.9 Å². The zero-order valence-corrected chi connectivity index (χ0v) is 10.9. The molecule has 0 aliphatic carbocycles. The van der Waals surface area contributed by atoms with E-state index in [1.165, 1.54) is 0 Å². The van der Waals surface area contributed by atoms with Gasteiger partial charge in [-0.25, -0.2) is 4.79 Å². The molecule has 1 atom stereocenters. The van der Waals surface area contributed by atoms with E-state index in [0.29, 0.717) is 6.54 Å². The van der Waals surface area contributed by atoms with Gasteiger partial charge in [0.2, 0.25) is 0 Å². The Morgan fingerprint density at radius 1 is 1.39 bits per heavy atom. The van der Waals surface area contributed by atoms with Gasteiger partial charge in [-0.3, -0.25) is 4.90 Å². The van der Waals surface area contributed by atoms with Crippen LogP contribution in [-0.4, -0.2) is 69.5 Å². The molecule has 2 rings (SSSR count). The van der Waals surface area contributed by atoms with Gasteiger partial charge in [0.1, 0.15) is 0 Å². The molecule has 2 saturated heterocycles. The minimum Gasteiger partial charge on any atom is -0.379 e. The smallest absolute Gasteiger partial charge is 0.315 e. The van der Waals surface area contributed by atoms with Crippen LogP contribution in [0, 0.1) is 0 Å². The molecular formula is C12H24N4O2. The number of piperidine rings is 1. The summed E-state index contributed by atoms with van der Waals surface area (Å²) in [5.41, 5.74) is 0. The molecule has 0 aromatic heterocycles. The minimum atomic E-state index is -0.0445. The lowest BCUT2D eigenvalue weighted by molar-refractivity contribution is 0.0387. The Kier molecular flexibility index (Phi) is 5.70. The third-order valence-electron chi connectivity index (χ3n) is 3.45. The van der Waals surface area contributed by atoms with Crippen molar-refractivity contribution in [3.8, 4) is 0 Å². The van der Waals surface area contributed by atoms with E-state index in [1.807, 2.05) is 0 Å². The molecule has 2 fully saturated rings. The fourth-order valence-corrected chi connectivity index (χ4v) is 2.36. The number of carbonyl (C=O) groups excluding carboxylic acids is 1. The first-order valence-electron chi connectivity index (χ1n) is 6.90. The Bertz CT molecular complexity index is 250. The van der Waals surface area contributed by atoms with Crippen molar-refractivity contribution >= 4 is 6.03 Å². The number of hydrogen-bond donors (Lipinski definition) is 3. The van der Waals surface area contributed by atoms with Gasteiger partial charge in [-0.05, 0) is 19.4 Å². The monoisotopic (exact) mass is 256 g/mol. The summed E-state index contributed by atoms with van der Waals surface area (Å²) in [6, 6.07) is 0.235. The van der Waals surface area contributed by atoms with E-state index in [0.717, 1.165) is 58.8 Å². The highest BCUT2D eigenvalue weighted by atomic mass is 16.5. The lowest BCUT2D eigenvalue weighted by Crippen LogP contribution is -2.50. The van der Waals surface area contributed by atoms with Crippen LogP contribution in [0.4, 0.5) is 4.79 Å². The zero-order valence-electron chi connectivity index (χ0n) is 10.9. The molecule has 0 radical (unpaired) electrons. The lowest BCUT2D eigenvalue weighted by atomic mass is 10.1. The van der Waals surface area contributed by atoms with Crippen LogP contribution in [-0.2, 0) is 4.74 Å². The summed E-state index contributed by atoms with van der Waals surface area (Å²) in [6.45, 7) is 7.10. The minimum absolute atomic E-state index is 0.0445. The van der Waals surface area contributed by atoms with Gasteiger partial charge in [0.05, 0.1) is 13.2 Å². The number of nitrogens with zero attached hydrogens (tertiary/aromatic N) is 1. The normalized spacial score (nSPS) is 25.7. The average Bonchev–Trinajstić information content (AvgIpc) is 2.41. The van der Waals surface area contributed by atoms with E-state index in [9.17, 15) is 4.79 Å². The summed E-state index contributed by atoms with van der Waals surface area (Å²) in [5.74, 6) is 0. The highest BCUT2D eigenvalue weighted by Crippen LogP contribution is 2.00. The fourth-order valence-electron chi connectivity index (χ4n) is 2.36. The second-order valence-electron chi connectivity index (χ2n) is 4.90. The first-order chi connectivity index (χ1) is 8.84. The first kappa shape index (κ1) is 13.6.